The van der Waals surface area contributed by atoms with Gasteiger partial charge in [-0.2, -0.15) is 5.10 Å². The number of thiophene rings is 1. The van der Waals surface area contributed by atoms with Gasteiger partial charge in [0.2, 0.25) is 0 Å². The number of amides is 2. The van der Waals surface area contributed by atoms with Gasteiger partial charge in [0.15, 0.2) is 6.54 Å². The monoisotopic (exact) mass is 426 g/mol. The van der Waals surface area contributed by atoms with Crippen LogP contribution in [0.4, 0.5) is 0 Å². The molecule has 0 radical (unpaired) electrons. The van der Waals surface area contributed by atoms with Crippen molar-refractivity contribution in [3.05, 3.63) is 52.0 Å². The molecule has 30 heavy (non-hydrogen) atoms. The Morgan fingerprint density at radius 1 is 1.17 bits per heavy atom. The van der Waals surface area contributed by atoms with Crippen LogP contribution in [0.5, 0.6) is 0 Å². The molecule has 2 N–H and O–H groups in total. The van der Waals surface area contributed by atoms with Crippen LogP contribution in [-0.4, -0.2) is 66.3 Å². The Morgan fingerprint density at radius 2 is 1.87 bits per heavy atom. The Balaban J connectivity index is 1.48. The number of quaternary nitrogens is 1. The summed E-state index contributed by atoms with van der Waals surface area (Å²) < 4.78 is 2.00. The second-order valence-corrected chi connectivity index (χ2v) is 8.98. The van der Waals surface area contributed by atoms with Gasteiger partial charge in [-0.3, -0.25) is 14.3 Å². The summed E-state index contributed by atoms with van der Waals surface area (Å²) in [6.45, 7) is 8.18. The Bertz CT molecular complexity index is 1060. The second-order valence-electron chi connectivity index (χ2n) is 7.95. The zero-order valence-electron chi connectivity index (χ0n) is 17.7. The van der Waals surface area contributed by atoms with Crippen molar-refractivity contribution in [2.75, 3.05) is 39.8 Å². The fourth-order valence-electron chi connectivity index (χ4n) is 3.87. The molecular weight excluding hydrogens is 398 g/mol. The molecule has 1 fully saturated rings. The third-order valence-corrected chi connectivity index (χ3v) is 6.85. The smallest absolute Gasteiger partial charge is 0.274 e. The van der Waals surface area contributed by atoms with Crippen molar-refractivity contribution in [3.63, 3.8) is 0 Å². The molecule has 0 aliphatic carbocycles. The molecule has 4 rings (SSSR count). The number of aryl methyl sites for hydroxylation is 2. The third-order valence-electron chi connectivity index (χ3n) is 5.72. The number of aromatic nitrogens is 2. The number of likely N-dealkylation sites (N-methyl/N-ethyl adjacent to an activating group) is 1. The van der Waals surface area contributed by atoms with Crippen molar-refractivity contribution in [3.8, 4) is 0 Å². The van der Waals surface area contributed by atoms with Gasteiger partial charge >= 0.3 is 0 Å². The average molecular weight is 427 g/mol. The highest BCUT2D eigenvalue weighted by Gasteiger charge is 2.27. The molecule has 2 aromatic heterocycles. The van der Waals surface area contributed by atoms with Crippen LogP contribution in [0.3, 0.4) is 0 Å². The highest BCUT2D eigenvalue weighted by atomic mass is 32.1. The first kappa shape index (κ1) is 20.6. The molecule has 1 aliphatic heterocycles. The van der Waals surface area contributed by atoms with Crippen molar-refractivity contribution in [2.45, 2.75) is 20.4 Å². The molecule has 0 saturated carbocycles. The van der Waals surface area contributed by atoms with Crippen LogP contribution >= 0.6 is 11.3 Å². The molecule has 0 atom stereocenters. The first-order valence-corrected chi connectivity index (χ1v) is 11.1. The number of piperazine rings is 1. The minimum absolute atomic E-state index is 0.0443. The number of hydrogen-bond acceptors (Lipinski definition) is 4. The molecule has 7 nitrogen and oxygen atoms in total. The van der Waals surface area contributed by atoms with E-state index in [2.05, 4.69) is 41.6 Å². The van der Waals surface area contributed by atoms with Gasteiger partial charge in [0, 0.05) is 12.4 Å². The van der Waals surface area contributed by atoms with E-state index in [9.17, 15) is 9.59 Å². The molecule has 1 saturated heterocycles. The highest BCUT2D eigenvalue weighted by molar-refractivity contribution is 7.20. The number of carbonyl (C=O) groups excluding carboxylic acids is 2. The van der Waals surface area contributed by atoms with Crippen molar-refractivity contribution in [2.24, 2.45) is 0 Å². The Hall–Kier alpha value is -2.71. The Labute approximate surface area is 180 Å². The molecule has 3 heterocycles. The normalized spacial score (nSPS) is 15.0. The van der Waals surface area contributed by atoms with Crippen molar-refractivity contribution in [1.82, 2.24) is 20.0 Å². The minimum Gasteiger partial charge on any atom is -0.354 e. The summed E-state index contributed by atoms with van der Waals surface area (Å²) in [4.78, 5) is 29.6. The number of hydrogen-bond donors (Lipinski definition) is 2. The Morgan fingerprint density at radius 3 is 2.53 bits per heavy atom. The standard InChI is InChI=1S/C22H27N5O2S/c1-15-4-6-17(7-5-15)13-27-22-18(16(2)24-27)12-19(30-22)21(29)26-10-8-25(9-11-26)14-20(28)23-3/h4-7,12H,8-11,13-14H2,1-3H3,(H,23,28)/p+1. The maximum Gasteiger partial charge on any atom is 0.274 e. The van der Waals surface area contributed by atoms with Crippen LogP contribution in [0.25, 0.3) is 10.2 Å². The van der Waals surface area contributed by atoms with Gasteiger partial charge in [0.25, 0.3) is 11.8 Å². The minimum atomic E-state index is 0.0443. The van der Waals surface area contributed by atoms with E-state index in [-0.39, 0.29) is 11.8 Å². The maximum atomic E-state index is 13.1. The lowest BCUT2D eigenvalue weighted by Crippen LogP contribution is -3.15. The van der Waals surface area contributed by atoms with Crippen molar-refractivity contribution in [1.29, 1.82) is 0 Å². The summed E-state index contributed by atoms with van der Waals surface area (Å²) in [7, 11) is 1.66. The second kappa shape index (κ2) is 8.57. The topological polar surface area (TPSA) is 71.7 Å². The van der Waals surface area contributed by atoms with Crippen molar-refractivity contribution < 1.29 is 14.5 Å². The van der Waals surface area contributed by atoms with E-state index in [0.717, 1.165) is 33.9 Å². The number of rotatable bonds is 5. The van der Waals surface area contributed by atoms with Crippen LogP contribution in [0.2, 0.25) is 0 Å². The molecule has 1 aromatic carbocycles. The van der Waals surface area contributed by atoms with E-state index in [4.69, 9.17) is 0 Å². The maximum absolute atomic E-state index is 13.1. The van der Waals surface area contributed by atoms with E-state index in [1.54, 1.807) is 7.05 Å². The fraction of sp³-hybridized carbons (Fsp3) is 0.409. The van der Waals surface area contributed by atoms with Crippen molar-refractivity contribution >= 4 is 33.4 Å². The van der Waals surface area contributed by atoms with Crippen LogP contribution in [0.15, 0.2) is 30.3 Å². The third kappa shape index (κ3) is 4.24. The highest BCUT2D eigenvalue weighted by Crippen LogP contribution is 2.29. The van der Waals surface area contributed by atoms with Gasteiger partial charge < -0.3 is 15.1 Å². The summed E-state index contributed by atoms with van der Waals surface area (Å²) in [6.07, 6.45) is 0. The SMILES string of the molecule is CNC(=O)C[NH+]1CCN(C(=O)c2cc3c(C)nn(Cc4ccc(C)cc4)c3s2)CC1. The number of nitrogens with one attached hydrogen (secondary N) is 2. The lowest BCUT2D eigenvalue weighted by molar-refractivity contribution is -0.896. The molecule has 0 bridgehead atoms. The quantitative estimate of drug-likeness (QED) is 0.636. The summed E-state index contributed by atoms with van der Waals surface area (Å²) in [5.41, 5.74) is 3.38. The predicted molar refractivity (Wildman–Crippen MR) is 118 cm³/mol. The van der Waals surface area contributed by atoms with Crippen LogP contribution in [-0.2, 0) is 11.3 Å². The summed E-state index contributed by atoms with van der Waals surface area (Å²) in [5, 5.41) is 8.41. The first-order chi connectivity index (χ1) is 14.4. The van der Waals surface area contributed by atoms with Gasteiger partial charge in [-0.05, 0) is 25.5 Å². The number of fused-ring (bicyclic) bond motifs is 1. The number of nitrogens with zero attached hydrogens (tertiary/aromatic N) is 3. The molecule has 1 aliphatic rings. The summed E-state index contributed by atoms with van der Waals surface area (Å²) in [5.74, 6) is 0.124. The van der Waals surface area contributed by atoms with Gasteiger partial charge in [-0.1, -0.05) is 29.8 Å². The molecule has 3 aromatic rings. The molecule has 8 heteroatoms. The largest absolute Gasteiger partial charge is 0.354 e. The van der Waals surface area contributed by atoms with Gasteiger partial charge in [0.1, 0.15) is 4.83 Å². The first-order valence-electron chi connectivity index (χ1n) is 10.3. The lowest BCUT2D eigenvalue weighted by Gasteiger charge is -2.31. The Kier molecular flexibility index (Phi) is 5.87. The zero-order chi connectivity index (χ0) is 21.3. The number of benzene rings is 1. The number of carbonyl (C=O) groups is 2. The fourth-order valence-corrected chi connectivity index (χ4v) is 4.99. The van der Waals surface area contributed by atoms with Gasteiger partial charge in [-0.15, -0.1) is 11.3 Å². The summed E-state index contributed by atoms with van der Waals surface area (Å²) in [6, 6.07) is 10.5. The van der Waals surface area contributed by atoms with Crippen LogP contribution < -0.4 is 10.2 Å². The lowest BCUT2D eigenvalue weighted by atomic mass is 10.1. The van der Waals surface area contributed by atoms with E-state index in [0.29, 0.717) is 26.2 Å². The molecule has 2 amide bonds. The van der Waals surface area contributed by atoms with Gasteiger partial charge in [-0.25, -0.2) is 0 Å². The summed E-state index contributed by atoms with van der Waals surface area (Å²) >= 11 is 1.52. The van der Waals surface area contributed by atoms with E-state index in [1.165, 1.54) is 27.4 Å². The predicted octanol–water partition coefficient (Wildman–Crippen LogP) is 0.850. The van der Waals surface area contributed by atoms with Crippen LogP contribution in [0, 0.1) is 13.8 Å². The van der Waals surface area contributed by atoms with E-state index >= 15 is 0 Å². The molecular formula is C22H28N5O2S+. The molecule has 0 unspecified atom stereocenters. The van der Waals surface area contributed by atoms with Gasteiger partial charge in [0.05, 0.1) is 43.3 Å². The molecule has 158 valence electrons. The zero-order valence-corrected chi connectivity index (χ0v) is 18.5. The van der Waals surface area contributed by atoms with E-state index in [1.807, 2.05) is 22.6 Å². The average Bonchev–Trinajstić information content (AvgIpc) is 3.31. The molecule has 0 spiro atoms. The van der Waals surface area contributed by atoms with E-state index < -0.39 is 0 Å². The van der Waals surface area contributed by atoms with Crippen LogP contribution in [0.1, 0.15) is 26.5 Å².